The van der Waals surface area contributed by atoms with Crippen LogP contribution in [0.4, 0.5) is 13.2 Å². The van der Waals surface area contributed by atoms with Crippen LogP contribution in [0.25, 0.3) is 0 Å². The average molecular weight is 327 g/mol. The van der Waals surface area contributed by atoms with Gasteiger partial charge < -0.3 is 0 Å². The summed E-state index contributed by atoms with van der Waals surface area (Å²) in [5.41, 5.74) is 0. The summed E-state index contributed by atoms with van der Waals surface area (Å²) in [7, 11) is 0. The summed E-state index contributed by atoms with van der Waals surface area (Å²) < 4.78 is 37.3. The molecule has 1 saturated heterocycles. The first kappa shape index (κ1) is 15.8. The summed E-state index contributed by atoms with van der Waals surface area (Å²) in [5, 5.41) is 0. The van der Waals surface area contributed by atoms with Crippen LogP contribution in [0.2, 0.25) is 4.34 Å². The van der Waals surface area contributed by atoms with Crippen LogP contribution in [0.3, 0.4) is 0 Å². The fourth-order valence-corrected chi connectivity index (χ4v) is 3.08. The van der Waals surface area contributed by atoms with Gasteiger partial charge in [0.15, 0.2) is 5.78 Å². The van der Waals surface area contributed by atoms with Crippen LogP contribution in [-0.2, 0) is 0 Å². The van der Waals surface area contributed by atoms with E-state index in [1.54, 1.807) is 12.1 Å². The monoisotopic (exact) mass is 326 g/mol. The van der Waals surface area contributed by atoms with Gasteiger partial charge in [0.2, 0.25) is 0 Å². The molecule has 0 aromatic carbocycles. The molecular formula is C12H14ClF3N2OS. The average Bonchev–Trinajstić information content (AvgIpc) is 2.77. The molecule has 0 saturated carbocycles. The molecule has 1 aromatic rings. The Hall–Kier alpha value is -0.630. The number of hydrogen-bond donors (Lipinski definition) is 0. The molecule has 3 nitrogen and oxygen atoms in total. The lowest BCUT2D eigenvalue weighted by Crippen LogP contribution is -2.50. The maximum absolute atomic E-state index is 12.3. The number of Topliss-reactive ketones (excluding diaryl/α,β-unsaturated/α-hetero) is 1. The van der Waals surface area contributed by atoms with Crippen molar-refractivity contribution in [2.75, 3.05) is 39.3 Å². The van der Waals surface area contributed by atoms with Crippen molar-refractivity contribution in [1.82, 2.24) is 9.80 Å². The number of alkyl halides is 3. The van der Waals surface area contributed by atoms with Gasteiger partial charge in [-0.2, -0.15) is 13.2 Å². The molecule has 0 bridgehead atoms. The second kappa shape index (κ2) is 6.43. The molecule has 2 rings (SSSR count). The van der Waals surface area contributed by atoms with Gasteiger partial charge in [-0.25, -0.2) is 0 Å². The molecule has 1 aromatic heterocycles. The number of carbonyl (C=O) groups excluding carboxylic acids is 1. The van der Waals surface area contributed by atoms with Crippen LogP contribution in [0, 0.1) is 0 Å². The smallest absolute Gasteiger partial charge is 0.293 e. The Kier molecular flexibility index (Phi) is 5.06. The fraction of sp³-hybridized carbons (Fsp3) is 0.583. The molecule has 8 heteroatoms. The molecule has 0 spiro atoms. The summed E-state index contributed by atoms with van der Waals surface area (Å²) in [6.45, 7) is 0.962. The largest absolute Gasteiger partial charge is 0.401 e. The Morgan fingerprint density at radius 1 is 1.20 bits per heavy atom. The lowest BCUT2D eigenvalue weighted by atomic mass is 10.2. The molecule has 0 radical (unpaired) electrons. The molecule has 2 heterocycles. The number of nitrogens with zero attached hydrogens (tertiary/aromatic N) is 2. The van der Waals surface area contributed by atoms with Crippen LogP contribution in [0.15, 0.2) is 12.1 Å². The van der Waals surface area contributed by atoms with Crippen LogP contribution in [0.1, 0.15) is 9.67 Å². The normalized spacial score (nSPS) is 18.4. The van der Waals surface area contributed by atoms with Crippen LogP contribution in [0.5, 0.6) is 0 Å². The van der Waals surface area contributed by atoms with E-state index in [2.05, 4.69) is 0 Å². The summed E-state index contributed by atoms with van der Waals surface area (Å²) in [5.74, 6) is -0.0360. The lowest BCUT2D eigenvalue weighted by molar-refractivity contribution is -0.149. The van der Waals surface area contributed by atoms with Crippen molar-refractivity contribution in [2.45, 2.75) is 6.18 Å². The van der Waals surface area contributed by atoms with Crippen molar-refractivity contribution < 1.29 is 18.0 Å². The molecule has 112 valence electrons. The van der Waals surface area contributed by atoms with Gasteiger partial charge in [0, 0.05) is 26.2 Å². The van der Waals surface area contributed by atoms with Gasteiger partial charge in [0.05, 0.1) is 22.3 Å². The Bertz CT molecular complexity index is 470. The van der Waals surface area contributed by atoms with E-state index in [-0.39, 0.29) is 12.3 Å². The number of thiophene rings is 1. The molecule has 1 fully saturated rings. The highest BCUT2D eigenvalue weighted by Crippen LogP contribution is 2.22. The van der Waals surface area contributed by atoms with Gasteiger partial charge >= 0.3 is 6.18 Å². The van der Waals surface area contributed by atoms with Crippen molar-refractivity contribution >= 4 is 28.7 Å². The van der Waals surface area contributed by atoms with E-state index in [4.69, 9.17) is 11.6 Å². The van der Waals surface area contributed by atoms with Crippen LogP contribution < -0.4 is 0 Å². The molecule has 0 N–H and O–H groups in total. The van der Waals surface area contributed by atoms with Gasteiger partial charge in [0.25, 0.3) is 0 Å². The van der Waals surface area contributed by atoms with Crippen molar-refractivity contribution in [3.63, 3.8) is 0 Å². The summed E-state index contributed by atoms with van der Waals surface area (Å²) >= 11 is 6.99. The number of ketones is 1. The topological polar surface area (TPSA) is 23.6 Å². The second-order valence-electron chi connectivity index (χ2n) is 4.69. The number of piperazine rings is 1. The molecule has 0 aliphatic carbocycles. The van der Waals surface area contributed by atoms with E-state index in [0.717, 1.165) is 0 Å². The molecule has 1 aliphatic rings. The van der Waals surface area contributed by atoms with E-state index in [1.807, 2.05) is 4.90 Å². The third-order valence-corrected chi connectivity index (χ3v) is 4.36. The summed E-state index contributed by atoms with van der Waals surface area (Å²) in [4.78, 5) is 15.8. The number of carbonyl (C=O) groups is 1. The summed E-state index contributed by atoms with van der Waals surface area (Å²) in [6.07, 6.45) is -4.16. The Balaban J connectivity index is 1.78. The van der Waals surface area contributed by atoms with E-state index in [9.17, 15) is 18.0 Å². The van der Waals surface area contributed by atoms with Gasteiger partial charge in [-0.3, -0.25) is 14.6 Å². The van der Waals surface area contributed by atoms with E-state index in [1.165, 1.54) is 16.2 Å². The third kappa shape index (κ3) is 4.73. The van der Waals surface area contributed by atoms with Gasteiger partial charge in [-0.1, -0.05) is 11.6 Å². The minimum Gasteiger partial charge on any atom is -0.293 e. The zero-order valence-corrected chi connectivity index (χ0v) is 12.2. The van der Waals surface area contributed by atoms with E-state index < -0.39 is 12.7 Å². The summed E-state index contributed by atoms with van der Waals surface area (Å²) in [6, 6.07) is 3.34. The van der Waals surface area contributed by atoms with Gasteiger partial charge in [-0.15, -0.1) is 11.3 Å². The zero-order chi connectivity index (χ0) is 14.8. The molecule has 0 amide bonds. The molecular weight excluding hydrogens is 313 g/mol. The number of rotatable bonds is 4. The Labute approximate surface area is 123 Å². The van der Waals surface area contributed by atoms with E-state index >= 15 is 0 Å². The van der Waals surface area contributed by atoms with Crippen LogP contribution in [-0.4, -0.2) is 61.0 Å². The van der Waals surface area contributed by atoms with Gasteiger partial charge in [0.1, 0.15) is 0 Å². The van der Waals surface area contributed by atoms with Crippen LogP contribution >= 0.6 is 22.9 Å². The second-order valence-corrected chi connectivity index (χ2v) is 6.41. The van der Waals surface area contributed by atoms with E-state index in [0.29, 0.717) is 35.4 Å². The third-order valence-electron chi connectivity index (χ3n) is 3.08. The van der Waals surface area contributed by atoms with Gasteiger partial charge in [-0.05, 0) is 12.1 Å². The minimum absolute atomic E-state index is 0.0360. The molecule has 0 unspecified atom stereocenters. The Morgan fingerprint density at radius 3 is 2.30 bits per heavy atom. The maximum atomic E-state index is 12.3. The highest BCUT2D eigenvalue weighted by Gasteiger charge is 2.32. The van der Waals surface area contributed by atoms with Crippen molar-refractivity contribution in [3.8, 4) is 0 Å². The SMILES string of the molecule is O=C(CN1CCN(CC(F)(F)F)CC1)c1ccc(Cl)s1. The number of hydrogen-bond acceptors (Lipinski definition) is 4. The maximum Gasteiger partial charge on any atom is 0.401 e. The molecule has 20 heavy (non-hydrogen) atoms. The molecule has 0 atom stereocenters. The highest BCUT2D eigenvalue weighted by molar-refractivity contribution is 7.18. The molecule has 1 aliphatic heterocycles. The fourth-order valence-electron chi connectivity index (χ4n) is 2.10. The number of halogens is 4. The van der Waals surface area contributed by atoms with Crippen molar-refractivity contribution in [1.29, 1.82) is 0 Å². The van der Waals surface area contributed by atoms with Crippen molar-refractivity contribution in [3.05, 3.63) is 21.3 Å². The van der Waals surface area contributed by atoms with Crippen molar-refractivity contribution in [2.24, 2.45) is 0 Å². The first-order valence-corrected chi connectivity index (χ1v) is 7.33. The lowest BCUT2D eigenvalue weighted by Gasteiger charge is -2.34. The first-order chi connectivity index (χ1) is 9.33. The standard InChI is InChI=1S/C12H14ClF3N2OS/c13-11-2-1-10(20-11)9(19)7-17-3-5-18(6-4-17)8-12(14,15)16/h1-2H,3-8H2. The Morgan fingerprint density at radius 2 is 1.80 bits per heavy atom. The zero-order valence-electron chi connectivity index (χ0n) is 10.6. The first-order valence-electron chi connectivity index (χ1n) is 6.13. The quantitative estimate of drug-likeness (QED) is 0.795. The predicted molar refractivity (Wildman–Crippen MR) is 72.6 cm³/mol. The highest BCUT2D eigenvalue weighted by atomic mass is 35.5. The minimum atomic E-state index is -4.16. The predicted octanol–water partition coefficient (Wildman–Crippen LogP) is 2.76.